The van der Waals surface area contributed by atoms with Gasteiger partial charge in [0.1, 0.15) is 16.9 Å². The molecule has 0 spiro atoms. The highest BCUT2D eigenvalue weighted by molar-refractivity contribution is 6.11. The molecule has 19 heavy (non-hydrogen) atoms. The molecule has 0 aromatic heterocycles. The van der Waals surface area contributed by atoms with Gasteiger partial charge in [-0.2, -0.15) is 0 Å². The maximum atomic E-state index is 12.5. The molecule has 1 fully saturated rings. The van der Waals surface area contributed by atoms with E-state index in [-0.39, 0.29) is 11.7 Å². The normalized spacial score (nSPS) is 16.9. The average molecular weight is 261 g/mol. The van der Waals surface area contributed by atoms with E-state index in [2.05, 4.69) is 5.32 Å². The van der Waals surface area contributed by atoms with Gasteiger partial charge >= 0.3 is 0 Å². The largest absolute Gasteiger partial charge is 0.495 e. The van der Waals surface area contributed by atoms with Crippen molar-refractivity contribution >= 4 is 17.4 Å². The predicted molar refractivity (Wildman–Crippen MR) is 73.2 cm³/mol. The van der Waals surface area contributed by atoms with Crippen molar-refractivity contribution in [1.29, 1.82) is 0 Å². The number of hydrogen-bond donors (Lipinski definition) is 1. The Labute approximate surface area is 113 Å². The monoisotopic (exact) mass is 261 g/mol. The maximum Gasteiger partial charge on any atom is 0.238 e. The van der Waals surface area contributed by atoms with Crippen LogP contribution in [0.4, 0.5) is 5.69 Å². The number of para-hydroxylation sites is 2. The molecular formula is C15H19NO3. The Bertz CT molecular complexity index is 490. The quantitative estimate of drug-likeness (QED) is 0.848. The van der Waals surface area contributed by atoms with Crippen LogP contribution in [0.15, 0.2) is 24.3 Å². The first-order valence-corrected chi connectivity index (χ1v) is 6.56. The Hall–Kier alpha value is -1.84. The van der Waals surface area contributed by atoms with Gasteiger partial charge in [0.15, 0.2) is 0 Å². The predicted octanol–water partition coefficient (Wildman–Crippen LogP) is 2.78. The number of amides is 1. The number of nitrogens with one attached hydrogen (secondary N) is 1. The molecule has 1 amide bonds. The van der Waals surface area contributed by atoms with E-state index in [0.29, 0.717) is 24.3 Å². The van der Waals surface area contributed by atoms with Gasteiger partial charge in [0, 0.05) is 0 Å². The highest BCUT2D eigenvalue weighted by atomic mass is 16.5. The summed E-state index contributed by atoms with van der Waals surface area (Å²) >= 11 is 0. The molecule has 4 heteroatoms. The fourth-order valence-corrected chi connectivity index (χ4v) is 2.71. The first-order valence-electron chi connectivity index (χ1n) is 6.56. The molecular weight excluding hydrogens is 242 g/mol. The lowest BCUT2D eigenvalue weighted by atomic mass is 9.81. The summed E-state index contributed by atoms with van der Waals surface area (Å²) in [6.45, 7) is 1.51. The Morgan fingerprint density at radius 2 is 1.84 bits per heavy atom. The standard InChI is InChI=1S/C15H19NO3/c1-11(17)15(9-5-6-10-15)14(18)16-12-7-3-4-8-13(12)19-2/h3-4,7-8H,5-6,9-10H2,1-2H3,(H,16,18). The number of benzene rings is 1. The van der Waals surface area contributed by atoms with E-state index in [1.807, 2.05) is 12.1 Å². The molecule has 0 radical (unpaired) electrons. The Morgan fingerprint density at radius 1 is 1.21 bits per heavy atom. The van der Waals surface area contributed by atoms with Crippen LogP contribution in [0.5, 0.6) is 5.75 Å². The molecule has 2 rings (SSSR count). The van der Waals surface area contributed by atoms with Crippen LogP contribution in [0.1, 0.15) is 32.6 Å². The van der Waals surface area contributed by atoms with E-state index in [1.165, 1.54) is 6.92 Å². The molecule has 4 nitrogen and oxygen atoms in total. The number of anilines is 1. The molecule has 1 aliphatic rings. The SMILES string of the molecule is COc1ccccc1NC(=O)C1(C(C)=O)CCCC1. The third kappa shape index (κ3) is 2.48. The number of methoxy groups -OCH3 is 1. The summed E-state index contributed by atoms with van der Waals surface area (Å²) in [5.41, 5.74) is -0.233. The van der Waals surface area contributed by atoms with Crippen molar-refractivity contribution < 1.29 is 14.3 Å². The number of Topliss-reactive ketones (excluding diaryl/α,β-unsaturated/α-hetero) is 1. The Morgan fingerprint density at radius 3 is 2.42 bits per heavy atom. The molecule has 0 atom stereocenters. The van der Waals surface area contributed by atoms with Gasteiger partial charge in [-0.05, 0) is 31.9 Å². The minimum Gasteiger partial charge on any atom is -0.495 e. The van der Waals surface area contributed by atoms with E-state index < -0.39 is 5.41 Å². The van der Waals surface area contributed by atoms with Gasteiger partial charge in [-0.15, -0.1) is 0 Å². The third-order valence-corrected chi connectivity index (χ3v) is 3.92. The number of rotatable bonds is 4. The molecule has 1 aliphatic carbocycles. The highest BCUT2D eigenvalue weighted by Crippen LogP contribution is 2.40. The summed E-state index contributed by atoms with van der Waals surface area (Å²) in [5, 5.41) is 2.84. The third-order valence-electron chi connectivity index (χ3n) is 3.92. The van der Waals surface area contributed by atoms with Crippen molar-refractivity contribution in [3.05, 3.63) is 24.3 Å². The van der Waals surface area contributed by atoms with E-state index in [0.717, 1.165) is 12.8 Å². The van der Waals surface area contributed by atoms with Gasteiger partial charge in [-0.25, -0.2) is 0 Å². The molecule has 102 valence electrons. The molecule has 1 saturated carbocycles. The molecule has 0 bridgehead atoms. The Balaban J connectivity index is 2.22. The van der Waals surface area contributed by atoms with Gasteiger partial charge in [-0.1, -0.05) is 25.0 Å². The van der Waals surface area contributed by atoms with Crippen molar-refractivity contribution in [3.8, 4) is 5.75 Å². The van der Waals surface area contributed by atoms with Crippen LogP contribution in [0.3, 0.4) is 0 Å². The van der Waals surface area contributed by atoms with Gasteiger partial charge in [0.05, 0.1) is 12.8 Å². The zero-order valence-electron chi connectivity index (χ0n) is 11.4. The average Bonchev–Trinajstić information content (AvgIpc) is 2.90. The molecule has 0 aliphatic heterocycles. The van der Waals surface area contributed by atoms with Gasteiger partial charge < -0.3 is 10.1 Å². The number of ether oxygens (including phenoxy) is 1. The summed E-state index contributed by atoms with van der Waals surface area (Å²) < 4.78 is 5.20. The lowest BCUT2D eigenvalue weighted by Crippen LogP contribution is -2.39. The van der Waals surface area contributed by atoms with Gasteiger partial charge in [-0.3, -0.25) is 9.59 Å². The van der Waals surface area contributed by atoms with Crippen molar-refractivity contribution in [1.82, 2.24) is 0 Å². The van der Waals surface area contributed by atoms with Crippen LogP contribution >= 0.6 is 0 Å². The first kappa shape index (κ1) is 13.6. The van der Waals surface area contributed by atoms with Crippen molar-refractivity contribution in [3.63, 3.8) is 0 Å². The van der Waals surface area contributed by atoms with Crippen LogP contribution in [0.25, 0.3) is 0 Å². The lowest BCUT2D eigenvalue weighted by Gasteiger charge is -2.25. The van der Waals surface area contributed by atoms with Crippen LogP contribution in [-0.4, -0.2) is 18.8 Å². The molecule has 1 N–H and O–H groups in total. The minimum atomic E-state index is -0.846. The molecule has 0 unspecified atom stereocenters. The van der Waals surface area contributed by atoms with E-state index >= 15 is 0 Å². The van der Waals surface area contributed by atoms with Crippen LogP contribution in [0, 0.1) is 5.41 Å². The summed E-state index contributed by atoms with van der Waals surface area (Å²) in [7, 11) is 1.56. The topological polar surface area (TPSA) is 55.4 Å². The van der Waals surface area contributed by atoms with Crippen molar-refractivity contribution in [2.75, 3.05) is 12.4 Å². The smallest absolute Gasteiger partial charge is 0.238 e. The van der Waals surface area contributed by atoms with E-state index in [1.54, 1.807) is 19.2 Å². The van der Waals surface area contributed by atoms with Gasteiger partial charge in [0.2, 0.25) is 5.91 Å². The first-order chi connectivity index (χ1) is 9.10. The number of carbonyl (C=O) groups is 2. The summed E-state index contributed by atoms with van der Waals surface area (Å²) in [6.07, 6.45) is 3.14. The summed E-state index contributed by atoms with van der Waals surface area (Å²) in [4.78, 5) is 24.3. The minimum absolute atomic E-state index is 0.0441. The fraction of sp³-hybridized carbons (Fsp3) is 0.467. The van der Waals surface area contributed by atoms with Crippen molar-refractivity contribution in [2.45, 2.75) is 32.6 Å². The molecule has 1 aromatic rings. The maximum absolute atomic E-state index is 12.5. The number of carbonyl (C=O) groups excluding carboxylic acids is 2. The Kier molecular flexibility index (Phi) is 3.88. The second kappa shape index (κ2) is 5.43. The van der Waals surface area contributed by atoms with E-state index in [4.69, 9.17) is 4.74 Å². The summed E-state index contributed by atoms with van der Waals surface area (Å²) in [6, 6.07) is 7.22. The number of hydrogen-bond acceptors (Lipinski definition) is 3. The van der Waals surface area contributed by atoms with Crippen molar-refractivity contribution in [2.24, 2.45) is 5.41 Å². The highest BCUT2D eigenvalue weighted by Gasteiger charge is 2.45. The molecule has 0 heterocycles. The number of ketones is 1. The van der Waals surface area contributed by atoms with Crippen LogP contribution in [-0.2, 0) is 9.59 Å². The van der Waals surface area contributed by atoms with Gasteiger partial charge in [0.25, 0.3) is 0 Å². The molecule has 0 saturated heterocycles. The van der Waals surface area contributed by atoms with Crippen LogP contribution < -0.4 is 10.1 Å². The summed E-state index contributed by atoms with van der Waals surface area (Å²) in [5.74, 6) is 0.354. The molecule has 1 aromatic carbocycles. The lowest BCUT2D eigenvalue weighted by molar-refractivity contribution is -0.137. The fourth-order valence-electron chi connectivity index (χ4n) is 2.71. The second-order valence-corrected chi connectivity index (χ2v) is 5.00. The van der Waals surface area contributed by atoms with Crippen LogP contribution in [0.2, 0.25) is 0 Å². The zero-order chi connectivity index (χ0) is 13.9. The second-order valence-electron chi connectivity index (χ2n) is 5.00. The zero-order valence-corrected chi connectivity index (χ0v) is 11.4. The van der Waals surface area contributed by atoms with E-state index in [9.17, 15) is 9.59 Å².